The molecule has 4 heteroatoms. The van der Waals surface area contributed by atoms with Crippen LogP contribution in [0.15, 0.2) is 51.4 Å². The van der Waals surface area contributed by atoms with Crippen LogP contribution in [0.5, 0.6) is 0 Å². The highest BCUT2D eigenvalue weighted by atomic mass is 79.9. The number of benzene rings is 1. The van der Waals surface area contributed by atoms with E-state index in [1.54, 1.807) is 6.08 Å². The van der Waals surface area contributed by atoms with Crippen molar-refractivity contribution < 1.29 is 0 Å². The van der Waals surface area contributed by atoms with Crippen molar-refractivity contribution in [3.63, 3.8) is 0 Å². The lowest BCUT2D eigenvalue weighted by atomic mass is 10.0. The molecular formula is C16H18BrN3. The largest absolute Gasteiger partial charge is 0.340 e. The van der Waals surface area contributed by atoms with E-state index in [0.29, 0.717) is 0 Å². The third kappa shape index (κ3) is 3.25. The minimum Gasteiger partial charge on any atom is -0.340 e. The van der Waals surface area contributed by atoms with Crippen LogP contribution in [0.1, 0.15) is 18.9 Å². The molecule has 1 N–H and O–H groups in total. The predicted molar refractivity (Wildman–Crippen MR) is 91.6 cm³/mol. The van der Waals surface area contributed by atoms with E-state index in [1.165, 1.54) is 5.56 Å². The molecule has 0 atom stereocenters. The van der Waals surface area contributed by atoms with Gasteiger partial charge in [-0.15, -0.1) is 0 Å². The fourth-order valence-electron chi connectivity index (χ4n) is 1.95. The van der Waals surface area contributed by atoms with Crippen LogP contribution in [-0.2, 0) is 6.42 Å². The summed E-state index contributed by atoms with van der Waals surface area (Å²) in [5, 5.41) is 3.28. The van der Waals surface area contributed by atoms with E-state index in [1.807, 2.05) is 12.3 Å². The maximum absolute atomic E-state index is 4.45. The summed E-state index contributed by atoms with van der Waals surface area (Å²) >= 11 is 3.62. The summed E-state index contributed by atoms with van der Waals surface area (Å²) in [5.41, 5.74) is 4.12. The molecule has 1 aromatic rings. The summed E-state index contributed by atoms with van der Waals surface area (Å²) in [4.78, 5) is 8.89. The van der Waals surface area contributed by atoms with Crippen LogP contribution in [0.2, 0.25) is 0 Å². The lowest BCUT2D eigenvalue weighted by molar-refractivity contribution is 0.933. The van der Waals surface area contributed by atoms with Crippen molar-refractivity contribution in [1.82, 2.24) is 0 Å². The normalized spacial score (nSPS) is 14.1. The van der Waals surface area contributed by atoms with Gasteiger partial charge in [0.25, 0.3) is 0 Å². The van der Waals surface area contributed by atoms with Gasteiger partial charge in [0.05, 0.1) is 15.8 Å². The highest BCUT2D eigenvalue weighted by Crippen LogP contribution is 2.38. The lowest BCUT2D eigenvalue weighted by Gasteiger charge is -2.16. The maximum Gasteiger partial charge on any atom is 0.124 e. The summed E-state index contributed by atoms with van der Waals surface area (Å²) in [6, 6.07) is 4.10. The summed E-state index contributed by atoms with van der Waals surface area (Å²) in [6.07, 6.45) is 5.40. The molecule has 20 heavy (non-hydrogen) atoms. The molecule has 0 unspecified atom stereocenters. The maximum atomic E-state index is 4.45. The van der Waals surface area contributed by atoms with Crippen molar-refractivity contribution in [2.45, 2.75) is 19.8 Å². The van der Waals surface area contributed by atoms with Gasteiger partial charge in [0.15, 0.2) is 0 Å². The van der Waals surface area contributed by atoms with Crippen molar-refractivity contribution in [2.24, 2.45) is 9.98 Å². The van der Waals surface area contributed by atoms with Gasteiger partial charge in [-0.25, -0.2) is 0 Å². The quantitative estimate of drug-likeness (QED) is 0.631. The number of aliphatic imine (C=N–C) groups is 2. The van der Waals surface area contributed by atoms with E-state index < -0.39 is 0 Å². The fourth-order valence-corrected chi connectivity index (χ4v) is 2.54. The number of anilines is 1. The average molecular weight is 332 g/mol. The first-order valence-corrected chi connectivity index (χ1v) is 7.42. The number of hydrogen-bond acceptors (Lipinski definition) is 2. The van der Waals surface area contributed by atoms with Gasteiger partial charge in [-0.1, -0.05) is 26.1 Å². The Balaban J connectivity index is 2.30. The molecule has 0 aromatic heterocycles. The molecule has 0 aliphatic carbocycles. The molecule has 0 radical (unpaired) electrons. The van der Waals surface area contributed by atoms with Crippen molar-refractivity contribution in [1.29, 1.82) is 0 Å². The SMILES string of the molecule is C=CC(=NCCC)Nc1ccc2c(c1Br)N=CC(=C)C2. The Bertz CT molecular complexity index is 600. The number of hydrogen-bond donors (Lipinski definition) is 1. The van der Waals surface area contributed by atoms with Crippen LogP contribution < -0.4 is 5.32 Å². The van der Waals surface area contributed by atoms with E-state index >= 15 is 0 Å². The highest BCUT2D eigenvalue weighted by Gasteiger charge is 2.14. The van der Waals surface area contributed by atoms with E-state index in [-0.39, 0.29) is 0 Å². The smallest absolute Gasteiger partial charge is 0.124 e. The minimum absolute atomic E-state index is 0.775. The molecule has 0 amide bonds. The van der Waals surface area contributed by atoms with Crippen LogP contribution in [-0.4, -0.2) is 18.6 Å². The number of nitrogens with one attached hydrogen (secondary N) is 1. The molecule has 104 valence electrons. The Morgan fingerprint density at radius 3 is 3.05 bits per heavy atom. The zero-order valence-electron chi connectivity index (χ0n) is 11.6. The van der Waals surface area contributed by atoms with Crippen molar-refractivity contribution in [3.05, 3.63) is 47.0 Å². The van der Waals surface area contributed by atoms with Crippen LogP contribution in [0.25, 0.3) is 0 Å². The van der Waals surface area contributed by atoms with Crippen LogP contribution >= 0.6 is 15.9 Å². The van der Waals surface area contributed by atoms with Crippen LogP contribution in [0.4, 0.5) is 11.4 Å². The number of rotatable bonds is 4. The zero-order chi connectivity index (χ0) is 14.5. The Morgan fingerprint density at radius 1 is 1.55 bits per heavy atom. The Hall–Kier alpha value is -1.68. The molecule has 1 aromatic carbocycles. The van der Waals surface area contributed by atoms with Crippen molar-refractivity contribution in [2.75, 3.05) is 11.9 Å². The topological polar surface area (TPSA) is 36.8 Å². The monoisotopic (exact) mass is 331 g/mol. The number of nitrogens with zero attached hydrogens (tertiary/aromatic N) is 2. The summed E-state index contributed by atoms with van der Waals surface area (Å²) < 4.78 is 0.949. The number of halogens is 1. The van der Waals surface area contributed by atoms with Crippen LogP contribution in [0, 0.1) is 0 Å². The number of allylic oxidation sites excluding steroid dienone is 1. The highest BCUT2D eigenvalue weighted by molar-refractivity contribution is 9.10. The second kappa shape index (κ2) is 6.66. The Morgan fingerprint density at radius 2 is 2.35 bits per heavy atom. The Kier molecular flexibility index (Phi) is 4.90. The van der Waals surface area contributed by atoms with Gasteiger partial charge in [-0.05, 0) is 45.6 Å². The van der Waals surface area contributed by atoms with Gasteiger partial charge in [0.2, 0.25) is 0 Å². The number of amidine groups is 1. The zero-order valence-corrected chi connectivity index (χ0v) is 13.2. The summed E-state index contributed by atoms with van der Waals surface area (Å²) in [7, 11) is 0. The molecule has 2 rings (SSSR count). The molecule has 0 bridgehead atoms. The summed E-state index contributed by atoms with van der Waals surface area (Å²) in [5.74, 6) is 0.775. The molecule has 3 nitrogen and oxygen atoms in total. The molecule has 1 heterocycles. The first-order chi connectivity index (χ1) is 9.65. The lowest BCUT2D eigenvalue weighted by Crippen LogP contribution is -2.10. The summed E-state index contributed by atoms with van der Waals surface area (Å²) in [6.45, 7) is 10.6. The van der Waals surface area contributed by atoms with E-state index in [0.717, 1.165) is 46.6 Å². The molecule has 0 fully saturated rings. The first kappa shape index (κ1) is 14.7. The second-order valence-corrected chi connectivity index (χ2v) is 5.42. The van der Waals surface area contributed by atoms with Gasteiger partial charge in [-0.3, -0.25) is 9.98 Å². The third-order valence-corrected chi connectivity index (χ3v) is 3.76. The minimum atomic E-state index is 0.775. The standard InChI is InChI=1S/C16H18BrN3/c1-4-8-18-14(5-2)20-13-7-6-12-9-11(3)10-19-16(12)15(13)17/h5-7,10H,2-4,8-9H2,1H3,(H,18,20). The molecule has 1 aliphatic heterocycles. The Labute approximate surface area is 128 Å². The number of fused-ring (bicyclic) bond motifs is 1. The van der Waals surface area contributed by atoms with Gasteiger partial charge in [-0.2, -0.15) is 0 Å². The van der Waals surface area contributed by atoms with Crippen molar-refractivity contribution >= 4 is 39.4 Å². The van der Waals surface area contributed by atoms with Gasteiger partial charge in [0.1, 0.15) is 5.84 Å². The average Bonchev–Trinajstić information content (AvgIpc) is 2.45. The van der Waals surface area contributed by atoms with E-state index in [4.69, 9.17) is 0 Å². The van der Waals surface area contributed by atoms with Crippen molar-refractivity contribution in [3.8, 4) is 0 Å². The second-order valence-electron chi connectivity index (χ2n) is 4.62. The van der Waals surface area contributed by atoms with E-state index in [2.05, 4.69) is 57.4 Å². The first-order valence-electron chi connectivity index (χ1n) is 6.62. The molecule has 0 spiro atoms. The third-order valence-electron chi connectivity index (χ3n) is 2.96. The predicted octanol–water partition coefficient (Wildman–Crippen LogP) is 4.67. The van der Waals surface area contributed by atoms with Gasteiger partial charge < -0.3 is 5.32 Å². The van der Waals surface area contributed by atoms with E-state index in [9.17, 15) is 0 Å². The molecule has 1 aliphatic rings. The molecule has 0 saturated heterocycles. The van der Waals surface area contributed by atoms with Gasteiger partial charge >= 0.3 is 0 Å². The van der Waals surface area contributed by atoms with Gasteiger partial charge in [0, 0.05) is 19.2 Å². The fraction of sp³-hybridized carbons (Fsp3) is 0.250. The molecular weight excluding hydrogens is 314 g/mol. The molecule has 0 saturated carbocycles. The van der Waals surface area contributed by atoms with Crippen LogP contribution in [0.3, 0.4) is 0 Å².